The molecular weight excluding hydrogens is 335 g/mol. The molecule has 1 N–H and O–H groups in total. The molecule has 1 heterocycles. The molecule has 1 unspecified atom stereocenters. The van der Waals surface area contributed by atoms with Crippen molar-refractivity contribution in [3.05, 3.63) is 57.8 Å². The third-order valence-corrected chi connectivity index (χ3v) is 4.27. The number of carbonyl (C=O) groups is 1. The number of halogens is 2. The first-order chi connectivity index (χ1) is 11.0. The summed E-state index contributed by atoms with van der Waals surface area (Å²) in [6.07, 6.45) is 3.32. The van der Waals surface area contributed by atoms with Crippen molar-refractivity contribution in [3.63, 3.8) is 0 Å². The Hall–Kier alpha value is -1.78. The molecule has 1 aromatic carbocycles. The van der Waals surface area contributed by atoms with Gasteiger partial charge in [0.15, 0.2) is 0 Å². The Bertz CT molecular complexity index is 690. The quantitative estimate of drug-likeness (QED) is 0.874. The van der Waals surface area contributed by atoms with E-state index < -0.39 is 6.04 Å². The lowest BCUT2D eigenvalue weighted by molar-refractivity contribution is -0.124. The maximum absolute atomic E-state index is 12.3. The van der Waals surface area contributed by atoms with Crippen molar-refractivity contribution in [2.45, 2.75) is 19.9 Å². The van der Waals surface area contributed by atoms with Gasteiger partial charge in [-0.2, -0.15) is 0 Å². The summed E-state index contributed by atoms with van der Waals surface area (Å²) in [7, 11) is 1.55. The lowest BCUT2D eigenvalue weighted by atomic mass is 9.97. The van der Waals surface area contributed by atoms with Crippen LogP contribution in [-0.4, -0.2) is 18.0 Å². The maximum atomic E-state index is 12.3. The number of aromatic nitrogens is 1. The molecule has 0 aliphatic heterocycles. The largest absolute Gasteiger partial charge is 0.496 e. The van der Waals surface area contributed by atoms with Crippen molar-refractivity contribution in [2.24, 2.45) is 5.92 Å². The average molecular weight is 353 g/mol. The third-order valence-electron chi connectivity index (χ3n) is 3.45. The number of pyridine rings is 1. The van der Waals surface area contributed by atoms with Crippen molar-refractivity contribution >= 4 is 29.1 Å². The standard InChI is InChI=1S/C17H18Cl2N2O2/c1-10(2)17(22)21-16(11-6-8-20-9-7-11)14-13(23-3)5-4-12(18)15(14)19/h4-10,16H,1-3H3,(H,21,22). The van der Waals surface area contributed by atoms with E-state index in [1.165, 1.54) is 0 Å². The van der Waals surface area contributed by atoms with Crippen LogP contribution in [0.1, 0.15) is 31.0 Å². The van der Waals surface area contributed by atoms with E-state index in [2.05, 4.69) is 10.3 Å². The van der Waals surface area contributed by atoms with E-state index in [0.717, 1.165) is 5.56 Å². The van der Waals surface area contributed by atoms with Crippen LogP contribution in [0.15, 0.2) is 36.7 Å². The number of hydrogen-bond acceptors (Lipinski definition) is 3. The summed E-state index contributed by atoms with van der Waals surface area (Å²) in [6, 6.07) is 6.57. The Morgan fingerprint density at radius 3 is 2.39 bits per heavy atom. The molecule has 0 radical (unpaired) electrons. The average Bonchev–Trinajstić information content (AvgIpc) is 2.56. The van der Waals surface area contributed by atoms with Crippen LogP contribution in [0.25, 0.3) is 0 Å². The first kappa shape index (κ1) is 17.6. The second-order valence-electron chi connectivity index (χ2n) is 5.35. The van der Waals surface area contributed by atoms with Gasteiger partial charge in [0.25, 0.3) is 0 Å². The van der Waals surface area contributed by atoms with Crippen LogP contribution in [0.3, 0.4) is 0 Å². The summed E-state index contributed by atoms with van der Waals surface area (Å²) >= 11 is 12.6. The highest BCUT2D eigenvalue weighted by Crippen LogP contribution is 2.39. The zero-order chi connectivity index (χ0) is 17.0. The number of hydrogen-bond donors (Lipinski definition) is 1. The van der Waals surface area contributed by atoms with Gasteiger partial charge >= 0.3 is 0 Å². The summed E-state index contributed by atoms with van der Waals surface area (Å²) in [5.41, 5.74) is 1.47. The molecule has 0 aliphatic rings. The van der Waals surface area contributed by atoms with Gasteiger partial charge in [-0.1, -0.05) is 37.0 Å². The molecule has 0 fully saturated rings. The van der Waals surface area contributed by atoms with Crippen molar-refractivity contribution in [3.8, 4) is 5.75 Å². The number of amides is 1. The van der Waals surface area contributed by atoms with E-state index in [9.17, 15) is 4.79 Å². The van der Waals surface area contributed by atoms with Gasteiger partial charge in [-0.3, -0.25) is 9.78 Å². The second kappa shape index (κ2) is 7.66. The SMILES string of the molecule is COc1ccc(Cl)c(Cl)c1C(NC(=O)C(C)C)c1ccncc1. The molecule has 0 bridgehead atoms. The van der Waals surface area contributed by atoms with Crippen LogP contribution in [0.2, 0.25) is 10.0 Å². The minimum atomic E-state index is -0.478. The molecule has 0 spiro atoms. The first-order valence-corrected chi connectivity index (χ1v) is 7.93. The highest BCUT2D eigenvalue weighted by molar-refractivity contribution is 6.42. The highest BCUT2D eigenvalue weighted by Gasteiger charge is 2.25. The fourth-order valence-electron chi connectivity index (χ4n) is 2.18. The summed E-state index contributed by atoms with van der Waals surface area (Å²) < 4.78 is 5.42. The van der Waals surface area contributed by atoms with Crippen molar-refractivity contribution in [1.82, 2.24) is 10.3 Å². The molecule has 122 valence electrons. The minimum absolute atomic E-state index is 0.0927. The number of ether oxygens (including phenoxy) is 1. The van der Waals surface area contributed by atoms with Crippen LogP contribution in [0.5, 0.6) is 5.75 Å². The van der Waals surface area contributed by atoms with Gasteiger partial charge in [-0.05, 0) is 29.8 Å². The number of carbonyl (C=O) groups excluding carboxylic acids is 1. The van der Waals surface area contributed by atoms with E-state index in [4.69, 9.17) is 27.9 Å². The molecular formula is C17H18Cl2N2O2. The maximum Gasteiger partial charge on any atom is 0.223 e. The van der Waals surface area contributed by atoms with Crippen LogP contribution in [0, 0.1) is 5.92 Å². The Balaban J connectivity index is 2.58. The van der Waals surface area contributed by atoms with E-state index in [0.29, 0.717) is 21.4 Å². The van der Waals surface area contributed by atoms with Crippen LogP contribution in [0.4, 0.5) is 0 Å². The van der Waals surface area contributed by atoms with Gasteiger partial charge in [0.05, 0.1) is 23.2 Å². The summed E-state index contributed by atoms with van der Waals surface area (Å²) in [5.74, 6) is 0.304. The molecule has 6 heteroatoms. The Morgan fingerprint density at radius 1 is 1.17 bits per heavy atom. The van der Waals surface area contributed by atoms with Gasteiger partial charge in [-0.15, -0.1) is 0 Å². The van der Waals surface area contributed by atoms with E-state index >= 15 is 0 Å². The highest BCUT2D eigenvalue weighted by atomic mass is 35.5. The topological polar surface area (TPSA) is 51.2 Å². The van der Waals surface area contributed by atoms with E-state index in [1.54, 1.807) is 31.6 Å². The zero-order valence-electron chi connectivity index (χ0n) is 13.1. The van der Waals surface area contributed by atoms with Gasteiger partial charge in [0, 0.05) is 23.9 Å². The normalized spacial score (nSPS) is 12.1. The molecule has 0 saturated heterocycles. The Labute approximate surface area is 145 Å². The van der Waals surface area contributed by atoms with Gasteiger partial charge in [0.2, 0.25) is 5.91 Å². The zero-order valence-corrected chi connectivity index (χ0v) is 14.7. The van der Waals surface area contributed by atoms with Gasteiger partial charge < -0.3 is 10.1 Å². The number of nitrogens with zero attached hydrogens (tertiary/aromatic N) is 1. The molecule has 1 atom stereocenters. The number of methoxy groups -OCH3 is 1. The van der Waals surface area contributed by atoms with Crippen LogP contribution >= 0.6 is 23.2 Å². The van der Waals surface area contributed by atoms with E-state index in [1.807, 2.05) is 26.0 Å². The fourth-order valence-corrected chi connectivity index (χ4v) is 2.61. The predicted octanol–water partition coefficient (Wildman–Crippen LogP) is 4.26. The Morgan fingerprint density at radius 2 is 1.83 bits per heavy atom. The molecule has 1 aromatic heterocycles. The summed E-state index contributed by atoms with van der Waals surface area (Å²) in [4.78, 5) is 16.3. The second-order valence-corrected chi connectivity index (χ2v) is 6.14. The third kappa shape index (κ3) is 3.95. The molecule has 2 aromatic rings. The van der Waals surface area contributed by atoms with Crippen molar-refractivity contribution in [1.29, 1.82) is 0 Å². The van der Waals surface area contributed by atoms with Crippen LogP contribution in [-0.2, 0) is 4.79 Å². The molecule has 23 heavy (non-hydrogen) atoms. The first-order valence-electron chi connectivity index (χ1n) is 7.17. The summed E-state index contributed by atoms with van der Waals surface area (Å²) in [5, 5.41) is 3.76. The van der Waals surface area contributed by atoms with Crippen molar-refractivity contribution < 1.29 is 9.53 Å². The van der Waals surface area contributed by atoms with E-state index in [-0.39, 0.29) is 11.8 Å². The minimum Gasteiger partial charge on any atom is -0.496 e. The predicted molar refractivity (Wildman–Crippen MR) is 92.1 cm³/mol. The number of rotatable bonds is 5. The lowest BCUT2D eigenvalue weighted by Crippen LogP contribution is -2.33. The van der Waals surface area contributed by atoms with Crippen LogP contribution < -0.4 is 10.1 Å². The molecule has 1 amide bonds. The van der Waals surface area contributed by atoms with Crippen molar-refractivity contribution in [2.75, 3.05) is 7.11 Å². The number of benzene rings is 1. The molecule has 2 rings (SSSR count). The molecule has 4 nitrogen and oxygen atoms in total. The lowest BCUT2D eigenvalue weighted by Gasteiger charge is -2.24. The fraction of sp³-hybridized carbons (Fsp3) is 0.294. The summed E-state index contributed by atoms with van der Waals surface area (Å²) in [6.45, 7) is 3.66. The van der Waals surface area contributed by atoms with Gasteiger partial charge in [-0.25, -0.2) is 0 Å². The molecule has 0 aliphatic carbocycles. The molecule has 0 saturated carbocycles. The smallest absolute Gasteiger partial charge is 0.223 e. The van der Waals surface area contributed by atoms with Gasteiger partial charge in [0.1, 0.15) is 5.75 Å². The number of nitrogens with one attached hydrogen (secondary N) is 1. The monoisotopic (exact) mass is 352 g/mol. The Kier molecular flexibility index (Phi) is 5.85.